The van der Waals surface area contributed by atoms with E-state index in [2.05, 4.69) is 10.1 Å². The summed E-state index contributed by atoms with van der Waals surface area (Å²) in [5, 5.41) is 2.15. The molecular formula is C16H18N2O5. The first-order chi connectivity index (χ1) is 11.0. The molecule has 7 nitrogen and oxygen atoms in total. The van der Waals surface area contributed by atoms with Crippen molar-refractivity contribution in [1.82, 2.24) is 10.2 Å². The van der Waals surface area contributed by atoms with Gasteiger partial charge in [0.05, 0.1) is 11.1 Å². The maximum atomic E-state index is 12.2. The molecule has 7 heteroatoms. The molecular weight excluding hydrogens is 300 g/mol. The van der Waals surface area contributed by atoms with Gasteiger partial charge in [0.2, 0.25) is 11.8 Å². The van der Waals surface area contributed by atoms with E-state index in [1.807, 2.05) is 6.92 Å². The number of imide groups is 2. The van der Waals surface area contributed by atoms with Crippen molar-refractivity contribution in [3.63, 3.8) is 0 Å². The number of hydrogen-bond acceptors (Lipinski definition) is 5. The van der Waals surface area contributed by atoms with Crippen molar-refractivity contribution >= 4 is 23.6 Å². The smallest absolute Gasteiger partial charge is 0.262 e. The molecule has 2 heterocycles. The van der Waals surface area contributed by atoms with Gasteiger partial charge in [0, 0.05) is 20.1 Å². The van der Waals surface area contributed by atoms with Crippen LogP contribution in [0.1, 0.15) is 40.5 Å². The quantitative estimate of drug-likeness (QED) is 0.812. The number of benzene rings is 1. The van der Waals surface area contributed by atoms with Crippen molar-refractivity contribution in [3.8, 4) is 0 Å². The van der Waals surface area contributed by atoms with Crippen LogP contribution in [0.3, 0.4) is 0 Å². The summed E-state index contributed by atoms with van der Waals surface area (Å²) < 4.78 is 4.54. The molecule has 122 valence electrons. The van der Waals surface area contributed by atoms with Crippen LogP contribution < -0.4 is 5.32 Å². The minimum absolute atomic E-state index is 0.129. The van der Waals surface area contributed by atoms with E-state index in [-0.39, 0.29) is 18.7 Å². The third kappa shape index (κ3) is 3.29. The Kier molecular flexibility index (Phi) is 5.23. The topological polar surface area (TPSA) is 92.8 Å². The molecule has 1 aromatic carbocycles. The van der Waals surface area contributed by atoms with Gasteiger partial charge in [0.25, 0.3) is 11.8 Å². The van der Waals surface area contributed by atoms with E-state index in [1.165, 1.54) is 0 Å². The predicted octanol–water partition coefficient (Wildman–Crippen LogP) is 0.740. The SMILES string of the molecule is CCOC.O=C1CCC(N2C(=O)c3ccccc3C2=O)C(=O)N1. The molecule has 0 bridgehead atoms. The summed E-state index contributed by atoms with van der Waals surface area (Å²) in [7, 11) is 1.68. The first-order valence-electron chi connectivity index (χ1n) is 7.30. The van der Waals surface area contributed by atoms with E-state index in [0.717, 1.165) is 11.5 Å². The third-order valence-corrected chi connectivity index (χ3v) is 3.64. The van der Waals surface area contributed by atoms with Gasteiger partial charge in [0.15, 0.2) is 0 Å². The Morgan fingerprint density at radius 1 is 1.13 bits per heavy atom. The summed E-state index contributed by atoms with van der Waals surface area (Å²) in [4.78, 5) is 48.1. The zero-order valence-electron chi connectivity index (χ0n) is 13.0. The van der Waals surface area contributed by atoms with Crippen LogP contribution in [0, 0.1) is 0 Å². The second-order valence-corrected chi connectivity index (χ2v) is 5.07. The van der Waals surface area contributed by atoms with Crippen LogP contribution in [-0.2, 0) is 14.3 Å². The third-order valence-electron chi connectivity index (χ3n) is 3.64. The molecule has 23 heavy (non-hydrogen) atoms. The molecule has 0 saturated carbocycles. The van der Waals surface area contributed by atoms with Crippen molar-refractivity contribution in [2.45, 2.75) is 25.8 Å². The van der Waals surface area contributed by atoms with Gasteiger partial charge in [-0.05, 0) is 25.5 Å². The molecule has 2 aliphatic heterocycles. The van der Waals surface area contributed by atoms with Crippen molar-refractivity contribution in [3.05, 3.63) is 35.4 Å². The average molecular weight is 318 g/mol. The maximum Gasteiger partial charge on any atom is 0.262 e. The molecule has 1 N–H and O–H groups in total. The number of nitrogens with one attached hydrogen (secondary N) is 1. The van der Waals surface area contributed by atoms with Gasteiger partial charge in [-0.15, -0.1) is 0 Å². The summed E-state index contributed by atoms with van der Waals surface area (Å²) in [6.07, 6.45) is 0.306. The lowest BCUT2D eigenvalue weighted by atomic mass is 10.0. The first kappa shape index (κ1) is 16.8. The summed E-state index contributed by atoms with van der Waals surface area (Å²) in [5.41, 5.74) is 0.606. The van der Waals surface area contributed by atoms with E-state index >= 15 is 0 Å². The van der Waals surface area contributed by atoms with Crippen molar-refractivity contribution in [2.75, 3.05) is 13.7 Å². The summed E-state index contributed by atoms with van der Waals surface area (Å²) in [5.74, 6) is -1.92. The molecule has 0 radical (unpaired) electrons. The number of rotatable bonds is 2. The fourth-order valence-corrected chi connectivity index (χ4v) is 2.42. The van der Waals surface area contributed by atoms with Crippen LogP contribution in [0.4, 0.5) is 0 Å². The number of piperidine rings is 1. The number of carbonyl (C=O) groups is 4. The molecule has 0 aromatic heterocycles. The zero-order chi connectivity index (χ0) is 17.0. The fraction of sp³-hybridized carbons (Fsp3) is 0.375. The van der Waals surface area contributed by atoms with Gasteiger partial charge in [-0.3, -0.25) is 29.4 Å². The highest BCUT2D eigenvalue weighted by Gasteiger charge is 2.44. The molecule has 1 fully saturated rings. The number of carbonyl (C=O) groups excluding carboxylic acids is 4. The van der Waals surface area contributed by atoms with Gasteiger partial charge in [-0.2, -0.15) is 0 Å². The van der Waals surface area contributed by atoms with E-state index < -0.39 is 23.8 Å². The van der Waals surface area contributed by atoms with Gasteiger partial charge in [0.1, 0.15) is 6.04 Å². The Bertz CT molecular complexity index is 619. The molecule has 0 spiro atoms. The van der Waals surface area contributed by atoms with Crippen LogP contribution in [-0.4, -0.2) is 48.3 Å². The lowest BCUT2D eigenvalue weighted by molar-refractivity contribution is -0.136. The summed E-state index contributed by atoms with van der Waals surface area (Å²) in [6.45, 7) is 2.78. The largest absolute Gasteiger partial charge is 0.385 e. The number of fused-ring (bicyclic) bond motifs is 1. The summed E-state index contributed by atoms with van der Waals surface area (Å²) in [6, 6.07) is 5.55. The Hall–Kier alpha value is -2.54. The molecule has 1 unspecified atom stereocenters. The van der Waals surface area contributed by atoms with E-state index in [9.17, 15) is 19.2 Å². The second kappa shape index (κ2) is 7.15. The van der Waals surface area contributed by atoms with Crippen LogP contribution >= 0.6 is 0 Å². The van der Waals surface area contributed by atoms with E-state index in [4.69, 9.17) is 0 Å². The summed E-state index contributed by atoms with van der Waals surface area (Å²) >= 11 is 0. The molecule has 1 atom stereocenters. The molecule has 2 aliphatic rings. The monoisotopic (exact) mass is 318 g/mol. The molecule has 1 saturated heterocycles. The number of nitrogens with zero attached hydrogens (tertiary/aromatic N) is 1. The highest BCUT2D eigenvalue weighted by molar-refractivity contribution is 6.23. The first-order valence-corrected chi connectivity index (χ1v) is 7.30. The Balaban J connectivity index is 0.000000433. The van der Waals surface area contributed by atoms with Crippen LogP contribution in [0.25, 0.3) is 0 Å². The highest BCUT2D eigenvalue weighted by atomic mass is 16.5. The normalized spacial score (nSPS) is 19.9. The van der Waals surface area contributed by atoms with Gasteiger partial charge in [-0.1, -0.05) is 12.1 Å². The fourth-order valence-electron chi connectivity index (χ4n) is 2.42. The lowest BCUT2D eigenvalue weighted by Crippen LogP contribution is -2.54. The Labute approximate surface area is 133 Å². The predicted molar refractivity (Wildman–Crippen MR) is 80.7 cm³/mol. The minimum atomic E-state index is -0.898. The van der Waals surface area contributed by atoms with Crippen LogP contribution in [0.15, 0.2) is 24.3 Å². The number of hydrogen-bond donors (Lipinski definition) is 1. The Morgan fingerprint density at radius 2 is 1.65 bits per heavy atom. The van der Waals surface area contributed by atoms with Crippen molar-refractivity contribution in [1.29, 1.82) is 0 Å². The van der Waals surface area contributed by atoms with Gasteiger partial charge >= 0.3 is 0 Å². The van der Waals surface area contributed by atoms with Crippen molar-refractivity contribution in [2.24, 2.45) is 0 Å². The Morgan fingerprint density at radius 3 is 2.09 bits per heavy atom. The van der Waals surface area contributed by atoms with Crippen LogP contribution in [0.5, 0.6) is 0 Å². The highest BCUT2D eigenvalue weighted by Crippen LogP contribution is 2.26. The standard InChI is InChI=1S/C13H10N2O4.C3H8O/c16-10-6-5-9(11(17)14-10)15-12(18)7-3-1-2-4-8(7)13(15)19;1-3-4-2/h1-4,9H,5-6H2,(H,14,16,17);3H2,1-2H3. The number of amides is 4. The van der Waals surface area contributed by atoms with E-state index in [0.29, 0.717) is 11.1 Å². The molecule has 1 aromatic rings. The van der Waals surface area contributed by atoms with E-state index in [1.54, 1.807) is 31.4 Å². The number of methoxy groups -OCH3 is 1. The van der Waals surface area contributed by atoms with Gasteiger partial charge in [-0.25, -0.2) is 0 Å². The van der Waals surface area contributed by atoms with Gasteiger partial charge < -0.3 is 4.74 Å². The average Bonchev–Trinajstić information content (AvgIpc) is 2.80. The second-order valence-electron chi connectivity index (χ2n) is 5.07. The zero-order valence-corrected chi connectivity index (χ0v) is 13.0. The molecule has 3 rings (SSSR count). The minimum Gasteiger partial charge on any atom is -0.385 e. The van der Waals surface area contributed by atoms with Crippen LogP contribution in [0.2, 0.25) is 0 Å². The molecule has 0 aliphatic carbocycles. The number of ether oxygens (including phenoxy) is 1. The van der Waals surface area contributed by atoms with Crippen molar-refractivity contribution < 1.29 is 23.9 Å². The molecule has 4 amide bonds. The maximum absolute atomic E-state index is 12.2. The lowest BCUT2D eigenvalue weighted by Gasteiger charge is -2.27.